The summed E-state index contributed by atoms with van der Waals surface area (Å²) in [6.45, 7) is 6.29. The maximum Gasteiger partial charge on any atom is 0.519 e. The SMILES string of the molecule is CCN(CC)C(=O)C(C)(CO)COC(=O)/C=C/C(=O)OCc1oc(=O)oc1C. The summed E-state index contributed by atoms with van der Waals surface area (Å²) in [5, 5.41) is 9.56. The first-order valence-corrected chi connectivity index (χ1v) is 8.68. The zero-order valence-corrected chi connectivity index (χ0v) is 16.4. The number of hydrogen-bond donors (Lipinski definition) is 1. The van der Waals surface area contributed by atoms with Crippen molar-refractivity contribution in [3.8, 4) is 0 Å². The second kappa shape index (κ2) is 10.5. The molecule has 1 heterocycles. The maximum absolute atomic E-state index is 12.4. The lowest BCUT2D eigenvalue weighted by Crippen LogP contribution is -2.47. The summed E-state index contributed by atoms with van der Waals surface area (Å²) in [6, 6.07) is 0. The highest BCUT2D eigenvalue weighted by Crippen LogP contribution is 2.20. The maximum atomic E-state index is 12.4. The normalized spacial score (nSPS) is 13.2. The second-order valence-electron chi connectivity index (χ2n) is 6.18. The number of ether oxygens (including phenoxy) is 2. The minimum absolute atomic E-state index is 0.0583. The predicted molar refractivity (Wildman–Crippen MR) is 95.0 cm³/mol. The molecule has 0 aromatic carbocycles. The molecule has 0 saturated carbocycles. The molecule has 1 unspecified atom stereocenters. The summed E-state index contributed by atoms with van der Waals surface area (Å²) in [6.07, 6.45) is 1.67. The third-order valence-electron chi connectivity index (χ3n) is 3.99. The minimum Gasteiger partial charge on any atom is -0.461 e. The van der Waals surface area contributed by atoms with Crippen molar-refractivity contribution in [1.29, 1.82) is 0 Å². The molecule has 1 aromatic rings. The van der Waals surface area contributed by atoms with Gasteiger partial charge in [0.2, 0.25) is 5.91 Å². The van der Waals surface area contributed by atoms with Gasteiger partial charge in [0, 0.05) is 25.2 Å². The lowest BCUT2D eigenvalue weighted by molar-refractivity contribution is -0.153. The van der Waals surface area contributed by atoms with Gasteiger partial charge in [0.25, 0.3) is 0 Å². The topological polar surface area (TPSA) is 136 Å². The molecular weight excluding hydrogens is 374 g/mol. The third-order valence-corrected chi connectivity index (χ3v) is 3.99. The van der Waals surface area contributed by atoms with Crippen molar-refractivity contribution in [2.75, 3.05) is 26.3 Å². The molecule has 156 valence electrons. The number of carbonyl (C=O) groups is 3. The van der Waals surface area contributed by atoms with Gasteiger partial charge in [-0.05, 0) is 27.7 Å². The molecule has 0 aliphatic carbocycles. The fraction of sp³-hybridized carbons (Fsp3) is 0.556. The largest absolute Gasteiger partial charge is 0.519 e. The first kappa shape index (κ1) is 23.2. The molecule has 0 aliphatic rings. The zero-order chi connectivity index (χ0) is 21.3. The van der Waals surface area contributed by atoms with E-state index >= 15 is 0 Å². The molecular formula is C18H25NO9. The Morgan fingerprint density at radius 2 is 1.68 bits per heavy atom. The van der Waals surface area contributed by atoms with Crippen LogP contribution in [-0.2, 0) is 30.5 Å². The van der Waals surface area contributed by atoms with Gasteiger partial charge in [-0.25, -0.2) is 14.4 Å². The average Bonchev–Trinajstić information content (AvgIpc) is 3.00. The molecule has 0 fully saturated rings. The van der Waals surface area contributed by atoms with Crippen LogP contribution >= 0.6 is 0 Å². The number of nitrogens with zero attached hydrogens (tertiary/aromatic N) is 1. The molecule has 0 saturated heterocycles. The molecule has 0 bridgehead atoms. The first-order valence-electron chi connectivity index (χ1n) is 8.68. The molecule has 1 rings (SSSR count). The van der Waals surface area contributed by atoms with E-state index in [-0.39, 0.29) is 30.6 Å². The van der Waals surface area contributed by atoms with Crippen LogP contribution in [-0.4, -0.2) is 54.2 Å². The van der Waals surface area contributed by atoms with Crippen LogP contribution < -0.4 is 5.82 Å². The lowest BCUT2D eigenvalue weighted by atomic mass is 9.91. The summed E-state index contributed by atoms with van der Waals surface area (Å²) in [5.74, 6) is -2.76. The fourth-order valence-corrected chi connectivity index (χ4v) is 2.17. The molecule has 1 atom stereocenters. The quantitative estimate of drug-likeness (QED) is 0.442. The highest BCUT2D eigenvalue weighted by molar-refractivity contribution is 5.92. The van der Waals surface area contributed by atoms with Gasteiger partial charge in [0.15, 0.2) is 18.1 Å². The van der Waals surface area contributed by atoms with Crippen molar-refractivity contribution < 1.29 is 37.8 Å². The summed E-state index contributed by atoms with van der Waals surface area (Å²) < 4.78 is 19.1. The van der Waals surface area contributed by atoms with Gasteiger partial charge < -0.3 is 28.3 Å². The standard InChI is InChI=1S/C18H25NO9/c1-5-19(6-2)16(23)18(4,10-20)11-26-15(22)8-7-14(21)25-9-13-12(3)27-17(24)28-13/h7-8,20H,5-6,9-11H2,1-4H3/b8-7+. The van der Waals surface area contributed by atoms with Crippen molar-refractivity contribution in [3.63, 3.8) is 0 Å². The number of rotatable bonds is 10. The van der Waals surface area contributed by atoms with Crippen LogP contribution in [0.5, 0.6) is 0 Å². The lowest BCUT2D eigenvalue weighted by Gasteiger charge is -2.31. The Bertz CT molecular complexity index is 772. The Balaban J connectivity index is 2.55. The van der Waals surface area contributed by atoms with Crippen molar-refractivity contribution in [2.24, 2.45) is 5.41 Å². The van der Waals surface area contributed by atoms with Crippen LogP contribution in [0.15, 0.2) is 25.8 Å². The Morgan fingerprint density at radius 3 is 2.14 bits per heavy atom. The van der Waals surface area contributed by atoms with E-state index in [1.54, 1.807) is 13.8 Å². The van der Waals surface area contributed by atoms with E-state index in [0.29, 0.717) is 13.1 Å². The van der Waals surface area contributed by atoms with E-state index in [2.05, 4.69) is 8.83 Å². The number of aliphatic hydroxyl groups excluding tert-OH is 1. The van der Waals surface area contributed by atoms with Crippen LogP contribution in [0.4, 0.5) is 0 Å². The Kier molecular flexibility index (Phi) is 8.65. The van der Waals surface area contributed by atoms with Crippen LogP contribution in [0, 0.1) is 12.3 Å². The number of hydrogen-bond acceptors (Lipinski definition) is 9. The van der Waals surface area contributed by atoms with Gasteiger partial charge in [-0.2, -0.15) is 0 Å². The summed E-state index contributed by atoms with van der Waals surface area (Å²) in [4.78, 5) is 48.2. The van der Waals surface area contributed by atoms with Crippen molar-refractivity contribution in [1.82, 2.24) is 4.90 Å². The van der Waals surface area contributed by atoms with E-state index in [4.69, 9.17) is 9.47 Å². The third kappa shape index (κ3) is 6.38. The minimum atomic E-state index is -1.29. The van der Waals surface area contributed by atoms with E-state index < -0.39 is 29.8 Å². The monoisotopic (exact) mass is 399 g/mol. The van der Waals surface area contributed by atoms with Gasteiger partial charge in [0.05, 0.1) is 6.61 Å². The van der Waals surface area contributed by atoms with Gasteiger partial charge in [-0.3, -0.25) is 4.79 Å². The number of esters is 2. The first-order chi connectivity index (χ1) is 13.2. The van der Waals surface area contributed by atoms with Crippen molar-refractivity contribution in [3.05, 3.63) is 34.3 Å². The van der Waals surface area contributed by atoms with E-state index in [0.717, 1.165) is 12.2 Å². The number of aliphatic hydroxyl groups is 1. The number of aryl methyl sites for hydroxylation is 1. The highest BCUT2D eigenvalue weighted by atomic mass is 16.6. The van der Waals surface area contributed by atoms with Crippen molar-refractivity contribution in [2.45, 2.75) is 34.3 Å². The van der Waals surface area contributed by atoms with E-state index in [1.807, 2.05) is 0 Å². The Morgan fingerprint density at radius 1 is 1.11 bits per heavy atom. The molecule has 10 heteroatoms. The van der Waals surface area contributed by atoms with E-state index in [1.165, 1.54) is 18.7 Å². The Hall–Kier alpha value is -2.88. The molecule has 10 nitrogen and oxygen atoms in total. The summed E-state index contributed by atoms with van der Waals surface area (Å²) >= 11 is 0. The summed E-state index contributed by atoms with van der Waals surface area (Å²) in [7, 11) is 0. The molecule has 0 aliphatic heterocycles. The van der Waals surface area contributed by atoms with Crippen LogP contribution in [0.25, 0.3) is 0 Å². The average molecular weight is 399 g/mol. The summed E-state index contributed by atoms with van der Waals surface area (Å²) in [5.41, 5.74) is -1.29. The van der Waals surface area contributed by atoms with Gasteiger partial charge >= 0.3 is 17.8 Å². The molecule has 1 amide bonds. The van der Waals surface area contributed by atoms with Gasteiger partial charge in [0.1, 0.15) is 12.0 Å². The fourth-order valence-electron chi connectivity index (χ4n) is 2.17. The van der Waals surface area contributed by atoms with E-state index in [9.17, 15) is 24.3 Å². The highest BCUT2D eigenvalue weighted by Gasteiger charge is 2.36. The zero-order valence-electron chi connectivity index (χ0n) is 16.4. The smallest absolute Gasteiger partial charge is 0.461 e. The molecule has 0 radical (unpaired) electrons. The van der Waals surface area contributed by atoms with Gasteiger partial charge in [-0.1, -0.05) is 0 Å². The van der Waals surface area contributed by atoms with Crippen LogP contribution in [0.2, 0.25) is 0 Å². The molecule has 1 N–H and O–H groups in total. The number of carbonyl (C=O) groups excluding carboxylic acids is 3. The van der Waals surface area contributed by atoms with Crippen LogP contribution in [0.3, 0.4) is 0 Å². The Labute approximate surface area is 161 Å². The molecule has 1 aromatic heterocycles. The van der Waals surface area contributed by atoms with Gasteiger partial charge in [-0.15, -0.1) is 0 Å². The second-order valence-corrected chi connectivity index (χ2v) is 6.18. The predicted octanol–water partition coefficient (Wildman–Crippen LogP) is 0.551. The molecule has 28 heavy (non-hydrogen) atoms. The van der Waals surface area contributed by atoms with Crippen molar-refractivity contribution >= 4 is 17.8 Å². The molecule has 0 spiro atoms. The number of amides is 1. The van der Waals surface area contributed by atoms with Crippen LogP contribution in [0.1, 0.15) is 32.3 Å².